The normalized spacial score (nSPS) is 20.2. The van der Waals surface area contributed by atoms with Crippen LogP contribution in [-0.2, 0) is 20.4 Å². The maximum absolute atomic E-state index is 12.4. The van der Waals surface area contributed by atoms with Gasteiger partial charge in [0.25, 0.3) is 0 Å². The molecule has 0 saturated carbocycles. The number of hydrogen-bond acceptors (Lipinski definition) is 6. The summed E-state index contributed by atoms with van der Waals surface area (Å²) in [6, 6.07) is 6.04. The van der Waals surface area contributed by atoms with Crippen LogP contribution in [0.15, 0.2) is 41.4 Å². The molecule has 3 heterocycles. The molecular weight excluding hydrogens is 402 g/mol. The lowest BCUT2D eigenvalue weighted by molar-refractivity contribution is -0.117. The van der Waals surface area contributed by atoms with E-state index >= 15 is 0 Å². The molecule has 0 unspecified atom stereocenters. The quantitative estimate of drug-likeness (QED) is 0.579. The van der Waals surface area contributed by atoms with Gasteiger partial charge in [0.05, 0.1) is 5.70 Å². The smallest absolute Gasteiger partial charge is 0.227 e. The molecule has 32 heavy (non-hydrogen) atoms. The maximum Gasteiger partial charge on any atom is 0.227 e. The third-order valence-electron chi connectivity index (χ3n) is 6.14. The fourth-order valence-electron chi connectivity index (χ4n) is 4.03. The first-order valence-corrected chi connectivity index (χ1v) is 11.5. The molecule has 0 atom stereocenters. The molecule has 1 aromatic carbocycles. The average molecular weight is 438 g/mol. The fourth-order valence-corrected chi connectivity index (χ4v) is 4.03. The molecule has 4 aliphatic rings. The van der Waals surface area contributed by atoms with E-state index in [1.54, 1.807) is 0 Å². The van der Waals surface area contributed by atoms with Gasteiger partial charge in [-0.05, 0) is 22.0 Å². The number of phenolic OH excluding ortho intramolecular Hbond substituents is 1. The molecular formula is C26H35N3O3. The van der Waals surface area contributed by atoms with E-state index < -0.39 is 0 Å². The number of aromatic hydroxyl groups is 1. The first-order valence-electron chi connectivity index (χ1n) is 11.5. The van der Waals surface area contributed by atoms with E-state index in [0.717, 1.165) is 50.4 Å². The summed E-state index contributed by atoms with van der Waals surface area (Å²) in [7, 11) is 0. The number of phenols is 1. The predicted octanol–water partition coefficient (Wildman–Crippen LogP) is 3.17. The van der Waals surface area contributed by atoms with Crippen molar-refractivity contribution in [3.05, 3.63) is 52.5 Å². The van der Waals surface area contributed by atoms with Crippen LogP contribution >= 0.6 is 0 Å². The zero-order valence-electron chi connectivity index (χ0n) is 20.2. The number of benzene rings is 1. The zero-order chi connectivity index (χ0) is 23.4. The van der Waals surface area contributed by atoms with Crippen LogP contribution < -0.4 is 0 Å². The highest BCUT2D eigenvalue weighted by molar-refractivity contribution is 6.22. The van der Waals surface area contributed by atoms with Gasteiger partial charge in [0.15, 0.2) is 0 Å². The molecule has 0 bridgehead atoms. The lowest BCUT2D eigenvalue weighted by Crippen LogP contribution is -2.29. The van der Waals surface area contributed by atoms with Crippen LogP contribution in [0.5, 0.6) is 5.75 Å². The molecule has 1 aliphatic carbocycles. The van der Waals surface area contributed by atoms with Crippen LogP contribution in [0.25, 0.3) is 0 Å². The number of nitrogens with zero attached hydrogens (tertiary/aromatic N) is 3. The Balaban J connectivity index is 0.000000155. The summed E-state index contributed by atoms with van der Waals surface area (Å²) < 4.78 is 0. The van der Waals surface area contributed by atoms with Crippen LogP contribution in [0.2, 0.25) is 0 Å². The lowest BCUT2D eigenvalue weighted by atomic mass is 9.80. The molecule has 1 aromatic rings. The van der Waals surface area contributed by atoms with Gasteiger partial charge in [0.2, 0.25) is 11.6 Å². The molecule has 5 rings (SSSR count). The number of Topliss-reactive ketones (excluding diaryl/α,β-unsaturated/α-hetero) is 1. The summed E-state index contributed by atoms with van der Waals surface area (Å²) in [6.07, 6.45) is 1.52. The van der Waals surface area contributed by atoms with E-state index in [0.29, 0.717) is 22.8 Å². The molecule has 6 nitrogen and oxygen atoms in total. The van der Waals surface area contributed by atoms with Crippen LogP contribution in [0.1, 0.15) is 52.7 Å². The topological polar surface area (TPSA) is 63.4 Å². The Morgan fingerprint density at radius 1 is 0.719 bits per heavy atom. The van der Waals surface area contributed by atoms with Crippen molar-refractivity contribution < 1.29 is 14.7 Å². The molecule has 1 N–H and O–H groups in total. The summed E-state index contributed by atoms with van der Waals surface area (Å²) in [5.74, 6) is 0.505. The van der Waals surface area contributed by atoms with Crippen molar-refractivity contribution in [1.82, 2.24) is 14.7 Å². The molecule has 0 spiro atoms. The third-order valence-corrected chi connectivity index (χ3v) is 6.14. The van der Waals surface area contributed by atoms with Gasteiger partial charge in [-0.3, -0.25) is 9.59 Å². The van der Waals surface area contributed by atoms with Gasteiger partial charge >= 0.3 is 0 Å². The number of carbonyl (C=O) groups is 2. The second kappa shape index (κ2) is 7.68. The van der Waals surface area contributed by atoms with E-state index in [1.165, 1.54) is 6.08 Å². The Hall–Kier alpha value is -2.76. The van der Waals surface area contributed by atoms with Crippen LogP contribution in [0.4, 0.5) is 0 Å². The number of para-hydroxylation sites is 1. The third kappa shape index (κ3) is 4.54. The van der Waals surface area contributed by atoms with Crippen molar-refractivity contribution in [2.24, 2.45) is 0 Å². The average Bonchev–Trinajstić information content (AvgIpc) is 3.54. The summed E-state index contributed by atoms with van der Waals surface area (Å²) in [5.41, 5.74) is 3.92. The maximum atomic E-state index is 12.4. The molecule has 3 saturated heterocycles. The van der Waals surface area contributed by atoms with Crippen molar-refractivity contribution in [2.45, 2.75) is 52.4 Å². The second-order valence-corrected chi connectivity index (χ2v) is 11.1. The summed E-state index contributed by atoms with van der Waals surface area (Å²) >= 11 is 0. The molecule has 3 fully saturated rings. The SMILES string of the molecule is CC(C)(C)c1cccc(C(C)(C)C)c1O.O=C1C=C(N2CC2)C(=O)C(N2CC2)=C1N1CC1. The van der Waals surface area contributed by atoms with Gasteiger partial charge in [0, 0.05) is 45.3 Å². The van der Waals surface area contributed by atoms with Gasteiger partial charge in [-0.25, -0.2) is 0 Å². The lowest BCUT2D eigenvalue weighted by Gasteiger charge is -2.26. The van der Waals surface area contributed by atoms with Crippen LogP contribution in [0, 0.1) is 0 Å². The standard InChI is InChI=1S/C14H22O.C12H13N3O2/c1-13(2,3)10-8-7-9-11(12(10)15)14(4,5)6;16-9-7-8(13-1-2-13)12(17)11(15-5-6-15)10(9)14-3-4-14/h7-9,15H,1-6H3;7H,1-6H2. The van der Waals surface area contributed by atoms with Gasteiger partial charge in [-0.2, -0.15) is 0 Å². The Kier molecular flexibility index (Phi) is 5.38. The minimum Gasteiger partial charge on any atom is -0.507 e. The van der Waals surface area contributed by atoms with Crippen molar-refractivity contribution in [3.8, 4) is 5.75 Å². The van der Waals surface area contributed by atoms with Crippen LogP contribution in [-0.4, -0.2) is 70.6 Å². The van der Waals surface area contributed by atoms with Gasteiger partial charge in [-0.15, -0.1) is 0 Å². The number of carbonyl (C=O) groups excluding carboxylic acids is 2. The summed E-state index contributed by atoms with van der Waals surface area (Å²) in [5, 5.41) is 10.3. The Morgan fingerprint density at radius 2 is 1.16 bits per heavy atom. The molecule has 0 amide bonds. The highest BCUT2D eigenvalue weighted by Crippen LogP contribution is 2.38. The zero-order valence-corrected chi connectivity index (χ0v) is 20.2. The van der Waals surface area contributed by atoms with Crippen molar-refractivity contribution >= 4 is 11.6 Å². The molecule has 3 aliphatic heterocycles. The highest BCUT2D eigenvalue weighted by Gasteiger charge is 2.43. The van der Waals surface area contributed by atoms with Crippen molar-refractivity contribution in [2.75, 3.05) is 39.3 Å². The highest BCUT2D eigenvalue weighted by atomic mass is 16.3. The Morgan fingerprint density at radius 3 is 1.56 bits per heavy atom. The molecule has 172 valence electrons. The molecule has 0 radical (unpaired) electrons. The van der Waals surface area contributed by atoms with Crippen LogP contribution in [0.3, 0.4) is 0 Å². The van der Waals surface area contributed by atoms with E-state index in [9.17, 15) is 14.7 Å². The summed E-state index contributed by atoms with van der Waals surface area (Å²) in [6.45, 7) is 18.1. The van der Waals surface area contributed by atoms with E-state index in [-0.39, 0.29) is 22.4 Å². The minimum absolute atomic E-state index is 0.00546. The summed E-state index contributed by atoms with van der Waals surface area (Å²) in [4.78, 5) is 30.5. The van der Waals surface area contributed by atoms with E-state index in [4.69, 9.17) is 0 Å². The van der Waals surface area contributed by atoms with E-state index in [1.807, 2.05) is 32.9 Å². The Bertz CT molecular complexity index is 979. The number of allylic oxidation sites excluding steroid dienone is 1. The number of rotatable bonds is 3. The second-order valence-electron chi connectivity index (χ2n) is 11.1. The predicted molar refractivity (Wildman–Crippen MR) is 125 cm³/mol. The van der Waals surface area contributed by atoms with Crippen molar-refractivity contribution in [1.29, 1.82) is 0 Å². The largest absolute Gasteiger partial charge is 0.507 e. The number of hydrogen-bond donors (Lipinski definition) is 1. The fraction of sp³-hybridized carbons (Fsp3) is 0.538. The first kappa shape index (κ1) is 22.4. The minimum atomic E-state index is -0.00859. The van der Waals surface area contributed by atoms with Gasteiger partial charge in [-0.1, -0.05) is 59.7 Å². The van der Waals surface area contributed by atoms with E-state index in [2.05, 4.69) is 41.5 Å². The molecule has 0 aromatic heterocycles. The van der Waals surface area contributed by atoms with Crippen molar-refractivity contribution in [3.63, 3.8) is 0 Å². The molecule has 6 heteroatoms. The number of ketones is 2. The monoisotopic (exact) mass is 437 g/mol. The van der Waals surface area contributed by atoms with Gasteiger partial charge in [0.1, 0.15) is 17.1 Å². The first-order chi connectivity index (χ1) is 14.9. The van der Waals surface area contributed by atoms with Gasteiger partial charge < -0.3 is 19.8 Å². The Labute approximate surface area is 191 Å².